The zero-order valence-electron chi connectivity index (χ0n) is 11.3. The largest absolute Gasteiger partial charge is 0.422 e. The van der Waals surface area contributed by atoms with E-state index >= 15 is 0 Å². The molecule has 0 bridgehead atoms. The van der Waals surface area contributed by atoms with E-state index in [1.807, 2.05) is 14.1 Å². The van der Waals surface area contributed by atoms with Gasteiger partial charge in [0, 0.05) is 9.86 Å². The molecule has 6 heteroatoms. The van der Waals surface area contributed by atoms with E-state index in [0.717, 1.165) is 11.0 Å². The number of halogens is 1. The van der Waals surface area contributed by atoms with Gasteiger partial charge in [-0.05, 0) is 24.3 Å². The SMILES string of the molecule is C[NH+](C)CCNC(=O)c1cc2cc(Br)ccc2oc1=O. The molecule has 5 nitrogen and oxygen atoms in total. The highest BCUT2D eigenvalue weighted by Gasteiger charge is 2.13. The summed E-state index contributed by atoms with van der Waals surface area (Å²) in [5, 5.41) is 3.43. The van der Waals surface area contributed by atoms with Crippen LogP contribution in [0.1, 0.15) is 10.4 Å². The van der Waals surface area contributed by atoms with Crippen molar-refractivity contribution in [3.8, 4) is 0 Å². The quantitative estimate of drug-likeness (QED) is 0.794. The number of fused-ring (bicyclic) bond motifs is 1. The van der Waals surface area contributed by atoms with Gasteiger partial charge in [-0.2, -0.15) is 0 Å². The van der Waals surface area contributed by atoms with E-state index in [0.29, 0.717) is 17.5 Å². The van der Waals surface area contributed by atoms with Gasteiger partial charge >= 0.3 is 5.63 Å². The summed E-state index contributed by atoms with van der Waals surface area (Å²) in [6.07, 6.45) is 0. The maximum atomic E-state index is 12.0. The van der Waals surface area contributed by atoms with Crippen LogP contribution in [0.25, 0.3) is 11.0 Å². The van der Waals surface area contributed by atoms with E-state index in [4.69, 9.17) is 4.42 Å². The summed E-state index contributed by atoms with van der Waals surface area (Å²) in [6.45, 7) is 1.30. The van der Waals surface area contributed by atoms with Crippen molar-refractivity contribution in [2.24, 2.45) is 0 Å². The number of carbonyl (C=O) groups is 1. The van der Waals surface area contributed by atoms with Crippen molar-refractivity contribution in [3.63, 3.8) is 0 Å². The normalized spacial score (nSPS) is 11.0. The second kappa shape index (κ2) is 6.19. The fourth-order valence-corrected chi connectivity index (χ4v) is 2.15. The van der Waals surface area contributed by atoms with E-state index in [-0.39, 0.29) is 5.56 Å². The molecule has 1 heterocycles. The van der Waals surface area contributed by atoms with E-state index < -0.39 is 11.5 Å². The highest BCUT2D eigenvalue weighted by molar-refractivity contribution is 9.10. The first-order valence-electron chi connectivity index (χ1n) is 6.28. The maximum Gasteiger partial charge on any atom is 0.349 e. The topological polar surface area (TPSA) is 63.8 Å². The number of hydrogen-bond acceptors (Lipinski definition) is 3. The van der Waals surface area contributed by atoms with Gasteiger partial charge in [-0.1, -0.05) is 15.9 Å². The minimum atomic E-state index is -0.616. The number of quaternary nitrogens is 1. The molecule has 0 fully saturated rings. The summed E-state index contributed by atoms with van der Waals surface area (Å²) in [7, 11) is 3.99. The lowest BCUT2D eigenvalue weighted by Gasteiger charge is -2.08. The number of amides is 1. The van der Waals surface area contributed by atoms with E-state index in [2.05, 4.69) is 21.2 Å². The first-order chi connectivity index (χ1) is 9.47. The summed E-state index contributed by atoms with van der Waals surface area (Å²) >= 11 is 3.35. The van der Waals surface area contributed by atoms with Crippen molar-refractivity contribution >= 4 is 32.8 Å². The molecule has 0 spiro atoms. The second-order valence-electron chi connectivity index (χ2n) is 4.84. The lowest BCUT2D eigenvalue weighted by atomic mass is 10.2. The molecule has 1 aromatic carbocycles. The molecule has 106 valence electrons. The van der Waals surface area contributed by atoms with Gasteiger partial charge in [0.05, 0.1) is 27.2 Å². The second-order valence-corrected chi connectivity index (χ2v) is 5.76. The molecule has 0 atom stereocenters. The van der Waals surface area contributed by atoms with Gasteiger partial charge < -0.3 is 14.6 Å². The molecular weight excluding hydrogens is 324 g/mol. The summed E-state index contributed by atoms with van der Waals surface area (Å²) in [5.74, 6) is -0.401. The van der Waals surface area contributed by atoms with Crippen molar-refractivity contribution in [3.05, 3.63) is 44.7 Å². The third-order valence-corrected chi connectivity index (χ3v) is 3.34. The predicted octanol–water partition coefficient (Wildman–Crippen LogP) is 0.430. The fourth-order valence-electron chi connectivity index (χ4n) is 1.77. The van der Waals surface area contributed by atoms with Crippen LogP contribution < -0.4 is 15.8 Å². The van der Waals surface area contributed by atoms with Crippen LogP contribution in [0.2, 0.25) is 0 Å². The molecule has 0 aliphatic rings. The van der Waals surface area contributed by atoms with Crippen LogP contribution in [0.5, 0.6) is 0 Å². The highest BCUT2D eigenvalue weighted by atomic mass is 79.9. The van der Waals surface area contributed by atoms with Gasteiger partial charge in [0.15, 0.2) is 0 Å². The Kier molecular flexibility index (Phi) is 4.57. The van der Waals surface area contributed by atoms with Crippen molar-refractivity contribution in [1.82, 2.24) is 5.32 Å². The fraction of sp³-hybridized carbons (Fsp3) is 0.286. The Labute approximate surface area is 124 Å². The Balaban J connectivity index is 2.27. The molecule has 0 unspecified atom stereocenters. The van der Waals surface area contributed by atoms with Crippen LogP contribution in [-0.2, 0) is 0 Å². The van der Waals surface area contributed by atoms with Crippen LogP contribution in [0.3, 0.4) is 0 Å². The molecule has 2 rings (SSSR count). The van der Waals surface area contributed by atoms with Gasteiger partial charge in [0.2, 0.25) is 0 Å². The van der Waals surface area contributed by atoms with Gasteiger partial charge in [-0.3, -0.25) is 4.79 Å². The molecule has 0 aliphatic heterocycles. The van der Waals surface area contributed by atoms with Gasteiger partial charge in [0.1, 0.15) is 11.1 Å². The average molecular weight is 340 g/mol. The average Bonchev–Trinajstić information content (AvgIpc) is 2.38. The summed E-state index contributed by atoms with van der Waals surface area (Å²) < 4.78 is 6.02. The van der Waals surface area contributed by atoms with E-state index in [9.17, 15) is 9.59 Å². The summed E-state index contributed by atoms with van der Waals surface area (Å²) in [4.78, 5) is 25.0. The van der Waals surface area contributed by atoms with E-state index in [1.165, 1.54) is 4.90 Å². The smallest absolute Gasteiger partial charge is 0.349 e. The zero-order chi connectivity index (χ0) is 14.7. The van der Waals surface area contributed by atoms with Crippen molar-refractivity contribution in [1.29, 1.82) is 0 Å². The summed E-state index contributed by atoms with van der Waals surface area (Å²) in [6, 6.07) is 6.84. The Bertz CT molecular complexity index is 694. The minimum Gasteiger partial charge on any atom is -0.422 e. The Hall–Kier alpha value is -1.66. The van der Waals surface area contributed by atoms with Gasteiger partial charge in [-0.15, -0.1) is 0 Å². The molecule has 1 aromatic heterocycles. The highest BCUT2D eigenvalue weighted by Crippen LogP contribution is 2.19. The third kappa shape index (κ3) is 3.46. The molecule has 0 saturated carbocycles. The number of likely N-dealkylation sites (N-methyl/N-ethyl adjacent to an activating group) is 1. The maximum absolute atomic E-state index is 12.0. The lowest BCUT2D eigenvalue weighted by molar-refractivity contribution is -0.856. The number of benzene rings is 1. The Morgan fingerprint density at radius 1 is 1.35 bits per heavy atom. The lowest BCUT2D eigenvalue weighted by Crippen LogP contribution is -3.06. The number of hydrogen-bond donors (Lipinski definition) is 2. The first-order valence-corrected chi connectivity index (χ1v) is 7.07. The van der Waals surface area contributed by atoms with Crippen molar-refractivity contribution in [2.45, 2.75) is 0 Å². The minimum absolute atomic E-state index is 0.0318. The number of nitrogens with one attached hydrogen (secondary N) is 2. The monoisotopic (exact) mass is 339 g/mol. The van der Waals surface area contributed by atoms with Crippen LogP contribution in [-0.4, -0.2) is 33.1 Å². The standard InChI is InChI=1S/C14H15BrN2O3/c1-17(2)6-5-16-13(18)11-8-9-7-10(15)3-4-12(9)20-14(11)19/h3-4,7-8H,5-6H2,1-2H3,(H,16,18)/p+1. The van der Waals surface area contributed by atoms with E-state index in [1.54, 1.807) is 24.3 Å². The molecular formula is C14H16BrN2O3+. The first kappa shape index (κ1) is 14.7. The molecule has 1 amide bonds. The van der Waals surface area contributed by atoms with Gasteiger partial charge in [-0.25, -0.2) is 4.79 Å². The van der Waals surface area contributed by atoms with Crippen LogP contribution in [0.15, 0.2) is 37.9 Å². The summed E-state index contributed by atoms with van der Waals surface area (Å²) in [5.41, 5.74) is -0.119. The molecule has 0 radical (unpaired) electrons. The number of rotatable bonds is 4. The molecule has 2 N–H and O–H groups in total. The zero-order valence-corrected chi connectivity index (χ0v) is 12.9. The molecule has 2 aromatic rings. The van der Waals surface area contributed by atoms with Crippen molar-refractivity contribution in [2.75, 3.05) is 27.2 Å². The number of carbonyl (C=O) groups excluding carboxylic acids is 1. The van der Waals surface area contributed by atoms with Crippen LogP contribution >= 0.6 is 15.9 Å². The third-order valence-electron chi connectivity index (χ3n) is 2.85. The van der Waals surface area contributed by atoms with Crippen LogP contribution in [0.4, 0.5) is 0 Å². The molecule has 20 heavy (non-hydrogen) atoms. The van der Waals surface area contributed by atoms with Crippen molar-refractivity contribution < 1.29 is 14.1 Å². The molecule has 0 aliphatic carbocycles. The van der Waals surface area contributed by atoms with Crippen LogP contribution in [0, 0.1) is 0 Å². The molecule has 0 saturated heterocycles. The Morgan fingerprint density at radius 3 is 2.80 bits per heavy atom. The van der Waals surface area contributed by atoms with Gasteiger partial charge in [0.25, 0.3) is 5.91 Å². The predicted molar refractivity (Wildman–Crippen MR) is 80.2 cm³/mol. The Morgan fingerprint density at radius 2 is 2.10 bits per heavy atom.